The van der Waals surface area contributed by atoms with E-state index in [0.29, 0.717) is 50.8 Å². The van der Waals surface area contributed by atoms with Gasteiger partial charge in [0.2, 0.25) is 5.91 Å². The number of amides is 2. The Bertz CT molecular complexity index is 1050. The Labute approximate surface area is 203 Å². The van der Waals surface area contributed by atoms with Crippen LogP contribution in [0.2, 0.25) is 0 Å². The van der Waals surface area contributed by atoms with Gasteiger partial charge < -0.3 is 19.4 Å². The first kappa shape index (κ1) is 25.0. The first-order valence-corrected chi connectivity index (χ1v) is 11.8. The average Bonchev–Trinajstić information content (AvgIpc) is 2.84. The third-order valence-corrected chi connectivity index (χ3v) is 7.01. The standard InChI is InChI=1S/C26H30F3N3O3/c1-30-12-14-31(15-13-30)24(33)17-26(18-35-21-5-2-19(27)3-6-21)8-10-32(11-9-26)25(34)22-7-4-20(28)16-23(22)29/h2-7,16H,8-15,17-18H2,1H3. The van der Waals surface area contributed by atoms with E-state index >= 15 is 0 Å². The zero-order chi connectivity index (χ0) is 25.0. The molecule has 35 heavy (non-hydrogen) atoms. The fourth-order valence-corrected chi connectivity index (χ4v) is 4.65. The Morgan fingerprint density at radius 2 is 1.49 bits per heavy atom. The molecule has 2 saturated heterocycles. The van der Waals surface area contributed by atoms with Crippen LogP contribution in [-0.4, -0.2) is 79.4 Å². The highest BCUT2D eigenvalue weighted by Crippen LogP contribution is 2.37. The van der Waals surface area contributed by atoms with Gasteiger partial charge in [-0.25, -0.2) is 13.2 Å². The van der Waals surface area contributed by atoms with Crippen LogP contribution in [0.5, 0.6) is 5.75 Å². The molecule has 2 aliphatic heterocycles. The lowest BCUT2D eigenvalue weighted by Crippen LogP contribution is -2.51. The summed E-state index contributed by atoms with van der Waals surface area (Å²) in [5, 5.41) is 0. The number of benzene rings is 2. The second-order valence-corrected chi connectivity index (χ2v) is 9.52. The van der Waals surface area contributed by atoms with Crippen molar-refractivity contribution in [2.45, 2.75) is 19.3 Å². The van der Waals surface area contributed by atoms with Gasteiger partial charge in [0.25, 0.3) is 5.91 Å². The summed E-state index contributed by atoms with van der Waals surface area (Å²) in [6.07, 6.45) is 1.25. The number of piperidine rings is 1. The average molecular weight is 490 g/mol. The number of hydrogen-bond acceptors (Lipinski definition) is 4. The molecule has 2 aliphatic rings. The third kappa shape index (κ3) is 6.14. The highest BCUT2D eigenvalue weighted by atomic mass is 19.1. The van der Waals surface area contributed by atoms with Crippen LogP contribution in [0, 0.1) is 22.9 Å². The van der Waals surface area contributed by atoms with Crippen molar-refractivity contribution in [3.05, 3.63) is 65.5 Å². The zero-order valence-electron chi connectivity index (χ0n) is 19.8. The van der Waals surface area contributed by atoms with Gasteiger partial charge in [0.15, 0.2) is 0 Å². The topological polar surface area (TPSA) is 53.1 Å². The van der Waals surface area contributed by atoms with Crippen LogP contribution in [0.15, 0.2) is 42.5 Å². The number of halogens is 3. The van der Waals surface area contributed by atoms with Crippen LogP contribution in [0.25, 0.3) is 0 Å². The fourth-order valence-electron chi connectivity index (χ4n) is 4.65. The third-order valence-electron chi connectivity index (χ3n) is 7.01. The molecule has 2 heterocycles. The number of rotatable bonds is 6. The monoisotopic (exact) mass is 489 g/mol. The molecule has 0 bridgehead atoms. The van der Waals surface area contributed by atoms with Gasteiger partial charge in [-0.15, -0.1) is 0 Å². The van der Waals surface area contributed by atoms with E-state index < -0.39 is 23.0 Å². The molecular weight excluding hydrogens is 459 g/mol. The highest BCUT2D eigenvalue weighted by molar-refractivity contribution is 5.94. The quantitative estimate of drug-likeness (QED) is 0.623. The Morgan fingerprint density at radius 1 is 0.857 bits per heavy atom. The van der Waals surface area contributed by atoms with Gasteiger partial charge in [-0.1, -0.05) is 0 Å². The summed E-state index contributed by atoms with van der Waals surface area (Å²) in [5.74, 6) is -1.94. The first-order valence-electron chi connectivity index (χ1n) is 11.8. The van der Waals surface area contributed by atoms with Crippen LogP contribution in [0.4, 0.5) is 13.2 Å². The Kier molecular flexibility index (Phi) is 7.64. The second-order valence-electron chi connectivity index (χ2n) is 9.52. The second kappa shape index (κ2) is 10.7. The molecule has 0 N–H and O–H groups in total. The van der Waals surface area contributed by atoms with Gasteiger partial charge in [0.05, 0.1) is 12.2 Å². The maximum atomic E-state index is 14.2. The van der Waals surface area contributed by atoms with E-state index in [1.165, 1.54) is 17.0 Å². The lowest BCUT2D eigenvalue weighted by molar-refractivity contribution is -0.136. The minimum absolute atomic E-state index is 0.0464. The summed E-state index contributed by atoms with van der Waals surface area (Å²) in [6.45, 7) is 3.84. The smallest absolute Gasteiger partial charge is 0.256 e. The predicted molar refractivity (Wildman–Crippen MR) is 125 cm³/mol. The van der Waals surface area contributed by atoms with Crippen molar-refractivity contribution in [2.75, 3.05) is 52.9 Å². The minimum Gasteiger partial charge on any atom is -0.493 e. The van der Waals surface area contributed by atoms with E-state index in [-0.39, 0.29) is 30.3 Å². The molecule has 188 valence electrons. The summed E-state index contributed by atoms with van der Waals surface area (Å²) in [5.41, 5.74) is -0.692. The van der Waals surface area contributed by atoms with E-state index in [1.807, 2.05) is 11.9 Å². The number of ether oxygens (including phenoxy) is 1. The van der Waals surface area contributed by atoms with Gasteiger partial charge in [-0.3, -0.25) is 9.59 Å². The van der Waals surface area contributed by atoms with Crippen LogP contribution in [-0.2, 0) is 4.79 Å². The molecule has 0 atom stereocenters. The van der Waals surface area contributed by atoms with Crippen molar-refractivity contribution >= 4 is 11.8 Å². The number of nitrogens with zero attached hydrogens (tertiary/aromatic N) is 3. The molecule has 0 spiro atoms. The van der Waals surface area contributed by atoms with Crippen molar-refractivity contribution in [3.8, 4) is 5.75 Å². The lowest BCUT2D eigenvalue weighted by atomic mass is 9.75. The number of hydrogen-bond donors (Lipinski definition) is 0. The molecule has 4 rings (SSSR count). The Morgan fingerprint density at radius 3 is 2.11 bits per heavy atom. The maximum Gasteiger partial charge on any atom is 0.256 e. The highest BCUT2D eigenvalue weighted by Gasteiger charge is 2.40. The predicted octanol–water partition coefficient (Wildman–Crippen LogP) is 3.57. The van der Waals surface area contributed by atoms with Crippen LogP contribution < -0.4 is 4.74 Å². The summed E-state index contributed by atoms with van der Waals surface area (Å²) < 4.78 is 46.7. The molecule has 0 aliphatic carbocycles. The molecule has 6 nitrogen and oxygen atoms in total. The largest absolute Gasteiger partial charge is 0.493 e. The molecule has 0 radical (unpaired) electrons. The van der Waals surface area contributed by atoms with Gasteiger partial charge in [0, 0.05) is 57.2 Å². The van der Waals surface area contributed by atoms with Crippen molar-refractivity contribution < 1.29 is 27.5 Å². The van der Waals surface area contributed by atoms with Gasteiger partial charge in [0.1, 0.15) is 23.2 Å². The van der Waals surface area contributed by atoms with E-state index in [9.17, 15) is 22.8 Å². The van der Waals surface area contributed by atoms with Gasteiger partial charge >= 0.3 is 0 Å². The van der Waals surface area contributed by atoms with E-state index in [1.54, 1.807) is 12.1 Å². The molecule has 2 amide bonds. The normalized spacial score (nSPS) is 18.4. The molecule has 0 aromatic heterocycles. The molecule has 2 aromatic carbocycles. The number of carbonyl (C=O) groups is 2. The summed E-state index contributed by atoms with van der Waals surface area (Å²) in [6, 6.07) is 8.64. The Balaban J connectivity index is 1.45. The molecule has 2 aromatic rings. The Hall–Kier alpha value is -3.07. The van der Waals surface area contributed by atoms with E-state index in [2.05, 4.69) is 4.90 Å². The van der Waals surface area contributed by atoms with Gasteiger partial charge in [-0.2, -0.15) is 0 Å². The van der Waals surface area contributed by atoms with E-state index in [0.717, 1.165) is 25.2 Å². The van der Waals surface area contributed by atoms with Crippen molar-refractivity contribution in [2.24, 2.45) is 5.41 Å². The SMILES string of the molecule is CN1CCN(C(=O)CC2(COc3ccc(F)cc3)CCN(C(=O)c3ccc(F)cc3F)CC2)CC1. The summed E-state index contributed by atoms with van der Waals surface area (Å²) in [4.78, 5) is 31.6. The molecule has 0 saturated carbocycles. The van der Waals surface area contributed by atoms with Crippen molar-refractivity contribution in [3.63, 3.8) is 0 Å². The zero-order valence-corrected chi connectivity index (χ0v) is 19.8. The van der Waals surface area contributed by atoms with Crippen LogP contribution in [0.3, 0.4) is 0 Å². The molecular formula is C26H30F3N3O3. The van der Waals surface area contributed by atoms with Crippen LogP contribution in [0.1, 0.15) is 29.6 Å². The summed E-state index contributed by atoms with van der Waals surface area (Å²) >= 11 is 0. The summed E-state index contributed by atoms with van der Waals surface area (Å²) in [7, 11) is 2.02. The number of likely N-dealkylation sites (tertiary alicyclic amines) is 1. The number of piperazine rings is 1. The van der Waals surface area contributed by atoms with Gasteiger partial charge in [-0.05, 0) is 56.3 Å². The van der Waals surface area contributed by atoms with Crippen molar-refractivity contribution in [1.82, 2.24) is 14.7 Å². The lowest BCUT2D eigenvalue weighted by Gasteiger charge is -2.42. The minimum atomic E-state index is -0.892. The molecule has 0 unspecified atom stereocenters. The molecule has 2 fully saturated rings. The van der Waals surface area contributed by atoms with E-state index in [4.69, 9.17) is 4.74 Å². The first-order chi connectivity index (χ1) is 16.7. The van der Waals surface area contributed by atoms with Crippen molar-refractivity contribution in [1.29, 1.82) is 0 Å². The number of carbonyl (C=O) groups excluding carboxylic acids is 2. The fraction of sp³-hybridized carbons (Fsp3) is 0.462. The molecule has 9 heteroatoms. The maximum absolute atomic E-state index is 14.2. The number of likely N-dealkylation sites (N-methyl/N-ethyl adjacent to an activating group) is 1. The van der Waals surface area contributed by atoms with Crippen LogP contribution >= 0.6 is 0 Å².